The highest BCUT2D eigenvalue weighted by atomic mass is 19.4. The molecule has 0 N–H and O–H groups in total. The van der Waals surface area contributed by atoms with Crippen LogP contribution in [-0.2, 0) is 32.1 Å². The molecule has 9 heteroatoms. The van der Waals surface area contributed by atoms with Crippen molar-refractivity contribution in [2.24, 2.45) is 0 Å². The zero-order chi connectivity index (χ0) is 29.4. The largest absolute Gasteiger partial charge is 0.573 e. The van der Waals surface area contributed by atoms with Crippen LogP contribution in [0.4, 0.5) is 26.3 Å². The Morgan fingerprint density at radius 1 is 0.732 bits per heavy atom. The van der Waals surface area contributed by atoms with Crippen LogP contribution in [0.15, 0.2) is 54.7 Å². The Kier molecular flexibility index (Phi) is 10.2. The fraction of sp³-hybridized carbons (Fsp3) is 0.375. The zero-order valence-electron chi connectivity index (χ0n) is 22.8. The van der Waals surface area contributed by atoms with Gasteiger partial charge in [0.1, 0.15) is 11.6 Å². The van der Waals surface area contributed by atoms with Gasteiger partial charge in [-0.05, 0) is 72.4 Å². The highest BCUT2D eigenvalue weighted by molar-refractivity contribution is 5.84. The molecule has 0 radical (unpaired) electrons. The second-order valence-corrected chi connectivity index (χ2v) is 10.2. The van der Waals surface area contributed by atoms with Crippen LogP contribution in [0.2, 0.25) is 0 Å². The van der Waals surface area contributed by atoms with Crippen molar-refractivity contribution in [3.05, 3.63) is 100 Å². The van der Waals surface area contributed by atoms with Crippen molar-refractivity contribution in [2.75, 3.05) is 0 Å². The summed E-state index contributed by atoms with van der Waals surface area (Å²) in [6.45, 7) is 2.20. The van der Waals surface area contributed by atoms with Crippen LogP contribution < -0.4 is 4.74 Å². The van der Waals surface area contributed by atoms with E-state index in [2.05, 4.69) is 16.6 Å². The summed E-state index contributed by atoms with van der Waals surface area (Å²) in [5.74, 6) is -4.11. The molecule has 0 amide bonds. The van der Waals surface area contributed by atoms with E-state index in [0.717, 1.165) is 47.4 Å². The number of ether oxygens (including phenoxy) is 1. The number of rotatable bonds is 13. The van der Waals surface area contributed by atoms with Crippen molar-refractivity contribution in [3.8, 4) is 5.75 Å². The van der Waals surface area contributed by atoms with E-state index in [1.165, 1.54) is 25.7 Å². The molecule has 0 aliphatic carbocycles. The molecule has 3 nitrogen and oxygen atoms in total. The predicted octanol–water partition coefficient (Wildman–Crippen LogP) is 9.03. The summed E-state index contributed by atoms with van der Waals surface area (Å²) in [4.78, 5) is 9.10. The first-order valence-electron chi connectivity index (χ1n) is 13.9. The van der Waals surface area contributed by atoms with E-state index in [1.807, 2.05) is 18.2 Å². The molecule has 0 aliphatic rings. The van der Waals surface area contributed by atoms with E-state index < -0.39 is 29.6 Å². The Morgan fingerprint density at radius 3 is 2.20 bits per heavy atom. The van der Waals surface area contributed by atoms with E-state index in [4.69, 9.17) is 4.98 Å². The van der Waals surface area contributed by atoms with Crippen molar-refractivity contribution in [1.82, 2.24) is 9.97 Å². The first kappa shape index (κ1) is 30.3. The van der Waals surface area contributed by atoms with Crippen molar-refractivity contribution < 1.29 is 31.1 Å². The average molecular weight is 575 g/mol. The maximum Gasteiger partial charge on any atom is 0.573 e. The van der Waals surface area contributed by atoms with Crippen LogP contribution in [-0.4, -0.2) is 16.3 Å². The standard InChI is InChI=1S/C32H32F6N2O/c1-2-3-4-5-6-7-25-16-17-39-29(40-25)15-10-21-9-14-26-24(18-21)13-12-23(30(26)35)11-8-22-19-27(33)31(28(34)20-22)41-32(36,37)38/h9,12-14,16-20H,2-8,10-11,15H2,1H3. The lowest BCUT2D eigenvalue weighted by atomic mass is 9.98. The maximum absolute atomic E-state index is 15.3. The Balaban J connectivity index is 1.37. The van der Waals surface area contributed by atoms with Crippen molar-refractivity contribution in [2.45, 2.75) is 77.5 Å². The average Bonchev–Trinajstić information content (AvgIpc) is 2.93. The summed E-state index contributed by atoms with van der Waals surface area (Å²) >= 11 is 0. The second kappa shape index (κ2) is 13.8. The van der Waals surface area contributed by atoms with Crippen LogP contribution in [0.5, 0.6) is 5.75 Å². The van der Waals surface area contributed by atoms with Crippen LogP contribution in [0.25, 0.3) is 10.8 Å². The number of unbranched alkanes of at least 4 members (excludes halogenated alkanes) is 4. The van der Waals surface area contributed by atoms with Gasteiger partial charge in [0.25, 0.3) is 0 Å². The summed E-state index contributed by atoms with van der Waals surface area (Å²) in [6.07, 6.45) is 5.06. The monoisotopic (exact) mass is 574 g/mol. The Bertz CT molecular complexity index is 1450. The number of aromatic nitrogens is 2. The zero-order valence-corrected chi connectivity index (χ0v) is 22.8. The van der Waals surface area contributed by atoms with Crippen molar-refractivity contribution >= 4 is 10.8 Å². The normalized spacial score (nSPS) is 11.8. The van der Waals surface area contributed by atoms with E-state index in [0.29, 0.717) is 23.8 Å². The molecular formula is C32H32F6N2O. The minimum Gasteiger partial charge on any atom is -0.399 e. The smallest absolute Gasteiger partial charge is 0.399 e. The third kappa shape index (κ3) is 8.68. The highest BCUT2D eigenvalue weighted by Crippen LogP contribution is 2.30. The predicted molar refractivity (Wildman–Crippen MR) is 146 cm³/mol. The number of hydrogen-bond donors (Lipinski definition) is 0. The van der Waals surface area contributed by atoms with Gasteiger partial charge in [0.2, 0.25) is 5.75 Å². The minimum atomic E-state index is -5.22. The number of halogens is 6. The SMILES string of the molecule is CCCCCCCc1ccnc(CCc2ccc3c(F)c(CCc4cc(F)c(OC(F)(F)F)c(F)c4)ccc3c2)n1. The molecule has 4 aromatic rings. The lowest BCUT2D eigenvalue weighted by Gasteiger charge is -2.12. The maximum atomic E-state index is 15.3. The number of alkyl halides is 3. The molecule has 0 bridgehead atoms. The molecule has 0 unspecified atom stereocenters. The first-order chi connectivity index (χ1) is 19.6. The van der Waals surface area contributed by atoms with E-state index in [-0.39, 0.29) is 18.4 Å². The van der Waals surface area contributed by atoms with Gasteiger partial charge in [-0.15, -0.1) is 13.2 Å². The fourth-order valence-corrected chi connectivity index (χ4v) is 4.85. The molecule has 0 atom stereocenters. The van der Waals surface area contributed by atoms with Crippen molar-refractivity contribution in [1.29, 1.82) is 0 Å². The van der Waals surface area contributed by atoms with Gasteiger partial charge in [-0.1, -0.05) is 62.9 Å². The fourth-order valence-electron chi connectivity index (χ4n) is 4.85. The quantitative estimate of drug-likeness (QED) is 0.118. The Labute approximate surface area is 235 Å². The van der Waals surface area contributed by atoms with Crippen LogP contribution in [0.3, 0.4) is 0 Å². The second-order valence-electron chi connectivity index (χ2n) is 10.2. The number of aryl methyl sites for hydroxylation is 5. The third-order valence-corrected chi connectivity index (χ3v) is 6.99. The Morgan fingerprint density at radius 2 is 1.46 bits per heavy atom. The topological polar surface area (TPSA) is 35.0 Å². The molecule has 4 rings (SSSR count). The van der Waals surface area contributed by atoms with Crippen LogP contribution >= 0.6 is 0 Å². The van der Waals surface area contributed by atoms with E-state index >= 15 is 4.39 Å². The summed E-state index contributed by atoms with van der Waals surface area (Å²) in [5, 5.41) is 1.13. The summed E-state index contributed by atoms with van der Waals surface area (Å²) in [5.41, 5.74) is 2.50. The van der Waals surface area contributed by atoms with E-state index in [9.17, 15) is 22.0 Å². The molecule has 41 heavy (non-hydrogen) atoms. The molecule has 0 aliphatic heterocycles. The first-order valence-corrected chi connectivity index (χ1v) is 13.9. The van der Waals surface area contributed by atoms with Gasteiger partial charge in [-0.25, -0.2) is 23.1 Å². The number of nitrogens with zero attached hydrogens (tertiary/aromatic N) is 2. The molecule has 1 aromatic heterocycles. The van der Waals surface area contributed by atoms with Crippen LogP contribution in [0.1, 0.15) is 67.2 Å². The number of hydrogen-bond acceptors (Lipinski definition) is 3. The van der Waals surface area contributed by atoms with Crippen LogP contribution in [0, 0.1) is 17.5 Å². The molecule has 0 spiro atoms. The van der Waals surface area contributed by atoms with Gasteiger partial charge in [0, 0.05) is 23.7 Å². The summed E-state index contributed by atoms with van der Waals surface area (Å²) in [6, 6.07) is 12.4. The molecule has 0 fully saturated rings. The lowest BCUT2D eigenvalue weighted by Crippen LogP contribution is -2.19. The molecule has 3 aromatic carbocycles. The van der Waals surface area contributed by atoms with Crippen molar-refractivity contribution in [3.63, 3.8) is 0 Å². The van der Waals surface area contributed by atoms with Gasteiger partial charge in [0.05, 0.1) is 0 Å². The summed E-state index contributed by atoms with van der Waals surface area (Å²) in [7, 11) is 0. The minimum absolute atomic E-state index is 0.0262. The van der Waals surface area contributed by atoms with Gasteiger partial charge < -0.3 is 4.74 Å². The Hall–Kier alpha value is -3.62. The number of fused-ring (bicyclic) bond motifs is 1. The van der Waals surface area contributed by atoms with Gasteiger partial charge in [-0.3, -0.25) is 0 Å². The molecule has 1 heterocycles. The molecule has 218 valence electrons. The lowest BCUT2D eigenvalue weighted by molar-refractivity contribution is -0.276. The molecular weight excluding hydrogens is 542 g/mol. The highest BCUT2D eigenvalue weighted by Gasteiger charge is 2.34. The van der Waals surface area contributed by atoms with Gasteiger partial charge in [0.15, 0.2) is 11.6 Å². The number of benzene rings is 3. The molecule has 0 saturated carbocycles. The van der Waals surface area contributed by atoms with E-state index in [1.54, 1.807) is 24.4 Å². The van der Waals surface area contributed by atoms with Gasteiger partial charge >= 0.3 is 6.36 Å². The van der Waals surface area contributed by atoms with Gasteiger partial charge in [-0.2, -0.15) is 0 Å². The third-order valence-electron chi connectivity index (χ3n) is 6.99. The summed E-state index contributed by atoms with van der Waals surface area (Å²) < 4.78 is 83.8. The molecule has 0 saturated heterocycles.